The minimum absolute atomic E-state index is 0.0408. The molecule has 1 aromatic heterocycles. The number of fused-ring (bicyclic) bond motifs is 1. The van der Waals surface area contributed by atoms with Crippen molar-refractivity contribution in [2.75, 3.05) is 11.1 Å². The van der Waals surface area contributed by atoms with Gasteiger partial charge in [-0.1, -0.05) is 60.3 Å². The van der Waals surface area contributed by atoms with E-state index in [9.17, 15) is 4.79 Å². The second kappa shape index (κ2) is 7.68. The molecule has 0 unspecified atom stereocenters. The molecule has 5 heteroatoms. The van der Waals surface area contributed by atoms with Crippen LogP contribution in [0.25, 0.3) is 16.7 Å². The zero-order valence-corrected chi connectivity index (χ0v) is 15.7. The summed E-state index contributed by atoms with van der Waals surface area (Å²) >= 11 is 1.44. The van der Waals surface area contributed by atoms with Crippen molar-refractivity contribution in [3.05, 3.63) is 84.4 Å². The Kier molecular flexibility index (Phi) is 4.94. The lowest BCUT2D eigenvalue weighted by atomic mass is 10.2. The van der Waals surface area contributed by atoms with Gasteiger partial charge in [0, 0.05) is 11.4 Å². The van der Waals surface area contributed by atoms with Crippen LogP contribution >= 0.6 is 11.8 Å². The molecule has 0 atom stereocenters. The van der Waals surface area contributed by atoms with Crippen molar-refractivity contribution < 1.29 is 4.79 Å². The molecule has 1 heterocycles. The van der Waals surface area contributed by atoms with E-state index in [1.807, 2.05) is 85.8 Å². The van der Waals surface area contributed by atoms with E-state index in [0.29, 0.717) is 5.75 Å². The molecule has 3 aromatic carbocycles. The Morgan fingerprint density at radius 2 is 1.67 bits per heavy atom. The van der Waals surface area contributed by atoms with Crippen molar-refractivity contribution >= 4 is 34.4 Å². The second-order valence-corrected chi connectivity index (χ2v) is 7.15. The van der Waals surface area contributed by atoms with Crippen molar-refractivity contribution in [2.45, 2.75) is 12.1 Å². The molecule has 4 nitrogen and oxygen atoms in total. The van der Waals surface area contributed by atoms with Crippen molar-refractivity contribution in [2.24, 2.45) is 0 Å². The van der Waals surface area contributed by atoms with Crippen LogP contribution in [-0.2, 0) is 4.79 Å². The van der Waals surface area contributed by atoms with Gasteiger partial charge in [-0.2, -0.15) is 0 Å². The third-order valence-corrected chi connectivity index (χ3v) is 5.23. The Hall–Kier alpha value is -3.05. The van der Waals surface area contributed by atoms with E-state index in [4.69, 9.17) is 4.98 Å². The summed E-state index contributed by atoms with van der Waals surface area (Å²) in [5.74, 6) is 0.255. The standard InChI is InChI=1S/C22H19N3OS/c1-16-9-5-6-12-18(16)23-21(26)15-27-22-24-19-13-7-8-14-20(19)25(22)17-10-3-2-4-11-17/h2-14H,15H2,1H3,(H,23,26). The molecule has 0 bridgehead atoms. The molecule has 0 aliphatic rings. The van der Waals surface area contributed by atoms with E-state index < -0.39 is 0 Å². The molecular weight excluding hydrogens is 354 g/mol. The van der Waals surface area contributed by atoms with Gasteiger partial charge in [-0.05, 0) is 42.8 Å². The van der Waals surface area contributed by atoms with Crippen LogP contribution in [0.5, 0.6) is 0 Å². The summed E-state index contributed by atoms with van der Waals surface area (Å²) in [5, 5.41) is 3.78. The van der Waals surface area contributed by atoms with Crippen LogP contribution in [-0.4, -0.2) is 21.2 Å². The first kappa shape index (κ1) is 17.4. The number of aromatic nitrogens is 2. The first-order valence-corrected chi connectivity index (χ1v) is 9.72. The first-order chi connectivity index (χ1) is 13.2. The van der Waals surface area contributed by atoms with Crippen LogP contribution in [0.15, 0.2) is 84.0 Å². The lowest BCUT2D eigenvalue weighted by molar-refractivity contribution is -0.113. The third-order valence-electron chi connectivity index (χ3n) is 4.30. The van der Waals surface area contributed by atoms with E-state index in [0.717, 1.165) is 33.1 Å². The van der Waals surface area contributed by atoms with Crippen molar-refractivity contribution in [1.29, 1.82) is 0 Å². The number of aryl methyl sites for hydroxylation is 1. The Balaban J connectivity index is 1.59. The minimum Gasteiger partial charge on any atom is -0.325 e. The predicted octanol–water partition coefficient (Wildman–Crippen LogP) is 5.06. The van der Waals surface area contributed by atoms with Crippen LogP contribution in [0.2, 0.25) is 0 Å². The van der Waals surface area contributed by atoms with Gasteiger partial charge in [0.05, 0.1) is 16.8 Å². The zero-order valence-electron chi connectivity index (χ0n) is 14.9. The summed E-state index contributed by atoms with van der Waals surface area (Å²) in [7, 11) is 0. The Bertz CT molecular complexity index is 1090. The smallest absolute Gasteiger partial charge is 0.234 e. The number of para-hydroxylation sites is 4. The Morgan fingerprint density at radius 3 is 2.48 bits per heavy atom. The average molecular weight is 373 g/mol. The number of carbonyl (C=O) groups is 1. The average Bonchev–Trinajstić information content (AvgIpc) is 3.07. The van der Waals surface area contributed by atoms with Crippen molar-refractivity contribution in [3.8, 4) is 5.69 Å². The maximum absolute atomic E-state index is 12.4. The molecule has 1 amide bonds. The van der Waals surface area contributed by atoms with Crippen LogP contribution in [0.4, 0.5) is 5.69 Å². The first-order valence-electron chi connectivity index (χ1n) is 8.73. The van der Waals surface area contributed by atoms with Gasteiger partial charge in [-0.3, -0.25) is 9.36 Å². The summed E-state index contributed by atoms with van der Waals surface area (Å²) < 4.78 is 2.10. The highest BCUT2D eigenvalue weighted by Gasteiger charge is 2.14. The molecule has 134 valence electrons. The number of benzene rings is 3. The number of nitrogens with one attached hydrogen (secondary N) is 1. The number of rotatable bonds is 5. The van der Waals surface area contributed by atoms with Crippen molar-refractivity contribution in [3.63, 3.8) is 0 Å². The maximum atomic E-state index is 12.4. The fourth-order valence-electron chi connectivity index (χ4n) is 2.96. The lowest BCUT2D eigenvalue weighted by Crippen LogP contribution is -2.15. The van der Waals surface area contributed by atoms with Crippen molar-refractivity contribution in [1.82, 2.24) is 9.55 Å². The van der Waals surface area contributed by atoms with Gasteiger partial charge in [0.25, 0.3) is 0 Å². The highest BCUT2D eigenvalue weighted by Crippen LogP contribution is 2.28. The minimum atomic E-state index is -0.0408. The quantitative estimate of drug-likeness (QED) is 0.497. The molecule has 4 aromatic rings. The molecule has 0 spiro atoms. The number of amides is 1. The van der Waals surface area contributed by atoms with E-state index in [1.165, 1.54) is 11.8 Å². The van der Waals surface area contributed by atoms with Gasteiger partial charge in [-0.15, -0.1) is 0 Å². The fourth-order valence-corrected chi connectivity index (χ4v) is 3.78. The maximum Gasteiger partial charge on any atom is 0.234 e. The number of nitrogens with zero attached hydrogens (tertiary/aromatic N) is 2. The van der Waals surface area contributed by atoms with E-state index in [2.05, 4.69) is 9.88 Å². The van der Waals surface area contributed by atoms with Crippen LogP contribution in [0, 0.1) is 6.92 Å². The van der Waals surface area contributed by atoms with Crippen LogP contribution in [0.1, 0.15) is 5.56 Å². The fraction of sp³-hybridized carbons (Fsp3) is 0.0909. The normalized spacial score (nSPS) is 10.9. The Labute approximate surface area is 162 Å². The number of anilines is 1. The van der Waals surface area contributed by atoms with E-state index in [1.54, 1.807) is 0 Å². The van der Waals surface area contributed by atoms with E-state index in [-0.39, 0.29) is 5.91 Å². The SMILES string of the molecule is Cc1ccccc1NC(=O)CSc1nc2ccccc2n1-c1ccccc1. The van der Waals surface area contributed by atoms with Gasteiger partial charge in [0.1, 0.15) is 0 Å². The molecule has 0 aliphatic carbocycles. The molecule has 27 heavy (non-hydrogen) atoms. The molecule has 4 rings (SSSR count). The molecule has 0 saturated heterocycles. The summed E-state index contributed by atoms with van der Waals surface area (Å²) in [6, 6.07) is 25.9. The molecule has 0 aliphatic heterocycles. The van der Waals surface area contributed by atoms with Crippen LogP contribution in [0.3, 0.4) is 0 Å². The summed E-state index contributed by atoms with van der Waals surface area (Å²) in [6.07, 6.45) is 0. The van der Waals surface area contributed by atoms with Gasteiger partial charge >= 0.3 is 0 Å². The summed E-state index contributed by atoms with van der Waals surface area (Å²) in [6.45, 7) is 1.98. The summed E-state index contributed by atoms with van der Waals surface area (Å²) in [4.78, 5) is 17.2. The number of imidazole rings is 1. The van der Waals surface area contributed by atoms with Crippen LogP contribution < -0.4 is 5.32 Å². The topological polar surface area (TPSA) is 46.9 Å². The van der Waals surface area contributed by atoms with Gasteiger partial charge in [0.15, 0.2) is 5.16 Å². The monoisotopic (exact) mass is 373 g/mol. The van der Waals surface area contributed by atoms with E-state index >= 15 is 0 Å². The molecular formula is C22H19N3OS. The highest BCUT2D eigenvalue weighted by molar-refractivity contribution is 7.99. The molecule has 0 radical (unpaired) electrons. The number of thioether (sulfide) groups is 1. The van der Waals surface area contributed by atoms with Gasteiger partial charge in [-0.25, -0.2) is 4.98 Å². The predicted molar refractivity (Wildman–Crippen MR) is 112 cm³/mol. The molecule has 1 N–H and O–H groups in total. The third kappa shape index (κ3) is 3.73. The second-order valence-electron chi connectivity index (χ2n) is 6.21. The largest absolute Gasteiger partial charge is 0.325 e. The highest BCUT2D eigenvalue weighted by atomic mass is 32.2. The molecule has 0 saturated carbocycles. The summed E-state index contributed by atoms with van der Waals surface area (Å²) in [5.41, 5.74) is 4.88. The molecule has 0 fully saturated rings. The lowest BCUT2D eigenvalue weighted by Gasteiger charge is -2.10. The Morgan fingerprint density at radius 1 is 0.963 bits per heavy atom. The number of carbonyl (C=O) groups excluding carboxylic acids is 1. The number of hydrogen-bond donors (Lipinski definition) is 1. The van der Waals surface area contributed by atoms with Gasteiger partial charge in [0.2, 0.25) is 5.91 Å². The number of hydrogen-bond acceptors (Lipinski definition) is 3. The van der Waals surface area contributed by atoms with Gasteiger partial charge < -0.3 is 5.32 Å². The zero-order chi connectivity index (χ0) is 18.6.